The number of aliphatic hydroxyl groups excluding tert-OH is 1. The highest BCUT2D eigenvalue weighted by atomic mass is 31.3. The van der Waals surface area contributed by atoms with Crippen LogP contribution in [0.5, 0.6) is 11.5 Å². The maximum atomic E-state index is 14.0. The number of carbonyl (C=O) groups excluding carboxylic acids is 3. The first kappa shape index (κ1) is 55.1. The molecule has 0 spiro atoms. The number of aryl methyl sites for hydroxylation is 2. The van der Waals surface area contributed by atoms with Gasteiger partial charge in [-0.25, -0.2) is 33.2 Å². The summed E-state index contributed by atoms with van der Waals surface area (Å²) in [6, 6.07) is 8.88. The third-order valence-electron chi connectivity index (χ3n) is 15.2. The summed E-state index contributed by atoms with van der Waals surface area (Å²) in [7, 11) is -16.8. The predicted octanol–water partition coefficient (Wildman–Crippen LogP) is 2.98. The summed E-state index contributed by atoms with van der Waals surface area (Å²) >= 11 is 0. The number of ether oxygens (including phenoxy) is 2. The van der Waals surface area contributed by atoms with Crippen molar-refractivity contribution in [1.29, 1.82) is 0 Å². The second kappa shape index (κ2) is 22.3. The number of aliphatic hydroxyl groups is 1. The van der Waals surface area contributed by atoms with Gasteiger partial charge in [-0.2, -0.15) is 8.62 Å². The average Bonchev–Trinajstić information content (AvgIpc) is 3.64. The molecule has 0 bridgehead atoms. The molecule has 28 heteroatoms. The Kier molecular flexibility index (Phi) is 15.6. The quantitative estimate of drug-likeness (QED) is 0.0179. The molecule has 8 heterocycles. The normalized spacial score (nSPS) is 20.8. The Balaban J connectivity index is 0.702. The molecule has 11 rings (SSSR count). The van der Waals surface area contributed by atoms with Crippen LogP contribution in [0.3, 0.4) is 0 Å². The molecule has 2 aromatic heterocycles. The number of aromatic nitrogens is 4. The van der Waals surface area contributed by atoms with Gasteiger partial charge in [-0.05, 0) is 80.7 Å². The van der Waals surface area contributed by atoms with E-state index in [-0.39, 0.29) is 17.5 Å². The second-order valence-corrected chi connectivity index (χ2v) is 25.0. The van der Waals surface area contributed by atoms with Crippen LogP contribution < -0.4 is 40.5 Å². The van der Waals surface area contributed by atoms with Crippen molar-refractivity contribution in [2.45, 2.75) is 108 Å². The van der Waals surface area contributed by atoms with E-state index in [1.54, 1.807) is 6.07 Å². The summed E-state index contributed by atoms with van der Waals surface area (Å²) < 4.78 is 63.7. The molecule has 420 valence electrons. The number of Topliss-reactive ketones (excluding diaryl/α,β-unsaturated/α-hetero) is 1. The number of benzene rings is 3. The number of carbonyl (C=O) groups is 3. The molecule has 1 amide bonds. The second-order valence-electron chi connectivity index (χ2n) is 20.5. The molecule has 79 heavy (non-hydrogen) atoms. The van der Waals surface area contributed by atoms with E-state index >= 15 is 0 Å². The number of fused-ring (bicyclic) bond motifs is 5. The highest BCUT2D eigenvalue weighted by molar-refractivity contribution is 7.66. The van der Waals surface area contributed by atoms with Crippen LogP contribution in [-0.2, 0) is 62.1 Å². The van der Waals surface area contributed by atoms with Crippen molar-refractivity contribution < 1.29 is 80.5 Å². The van der Waals surface area contributed by atoms with Crippen LogP contribution in [0.4, 0.5) is 11.5 Å². The molecule has 5 aromatic rings. The zero-order valence-electron chi connectivity index (χ0n) is 42.8. The van der Waals surface area contributed by atoms with Crippen LogP contribution >= 0.6 is 23.5 Å². The van der Waals surface area contributed by atoms with E-state index in [1.165, 1.54) is 51.5 Å². The molecular weight excluding hydrogens is 1090 g/mol. The molecule has 6 aliphatic rings. The average molecular weight is 1150 g/mol. The first-order valence-corrected chi connectivity index (χ1v) is 31.0. The van der Waals surface area contributed by atoms with Gasteiger partial charge in [0.25, 0.3) is 0 Å². The number of hydrogen-bond donors (Lipinski definition) is 7. The molecule has 7 N–H and O–H groups in total. The fraction of sp³-hybridized carbons (Fsp3) is 0.471. The summed E-state index contributed by atoms with van der Waals surface area (Å²) in [6.45, 7) is 3.93. The molecule has 0 radical (unpaired) electrons. The van der Waals surface area contributed by atoms with Crippen molar-refractivity contribution in [1.82, 2.24) is 29.4 Å². The number of unbranched alkanes of at least 4 members (excludes halogenated alkanes) is 3. The number of imidazole rings is 1. The fourth-order valence-corrected chi connectivity index (χ4v) is 15.0. The number of rotatable bonds is 21. The maximum Gasteiger partial charge on any atom is 0.490 e. The van der Waals surface area contributed by atoms with Crippen molar-refractivity contribution in [2.75, 3.05) is 56.1 Å². The van der Waals surface area contributed by atoms with Gasteiger partial charge < -0.3 is 59.6 Å². The molecule has 0 aliphatic carbocycles. The number of carboxylic acid groups (broad SMARTS) is 1. The summed E-state index contributed by atoms with van der Waals surface area (Å²) in [4.78, 5) is 92.5. The molecule has 1 saturated heterocycles. The molecule has 5 atom stereocenters. The lowest BCUT2D eigenvalue weighted by atomic mass is 9.81. The van der Waals surface area contributed by atoms with Gasteiger partial charge in [-0.1, -0.05) is 25.0 Å². The Morgan fingerprint density at radius 2 is 1.57 bits per heavy atom. The number of phosphoric ester groups is 1. The number of carboxylic acids is 1. The monoisotopic (exact) mass is 1150 g/mol. The van der Waals surface area contributed by atoms with E-state index in [0.29, 0.717) is 47.6 Å². The van der Waals surface area contributed by atoms with Gasteiger partial charge in [-0.3, -0.25) is 18.7 Å². The molecule has 6 aliphatic heterocycles. The van der Waals surface area contributed by atoms with Crippen molar-refractivity contribution in [3.05, 3.63) is 98.1 Å². The van der Waals surface area contributed by atoms with Crippen molar-refractivity contribution in [3.63, 3.8) is 0 Å². The SMILES string of the molecule is O=C(CC(=O)c1ccc(C(=O)[O-])c(C2=c3cc4c5c(c3Oc3c2cc2c6c3CCCN6CCC2)CCC[N+]=5CCC4)c1)NCCCCCCNc1ncnc2c1ncn2[C@H]1C[C@H](O)[C@@H](COP(=O)(O)OP(=O)(O)OP(=O)(O)O)O1. The summed E-state index contributed by atoms with van der Waals surface area (Å²) in [5, 5.41) is 31.8. The lowest BCUT2D eigenvalue weighted by Gasteiger charge is -2.39. The van der Waals surface area contributed by atoms with E-state index in [9.17, 15) is 48.1 Å². The van der Waals surface area contributed by atoms with Crippen LogP contribution in [0.25, 0.3) is 16.7 Å². The summed E-state index contributed by atoms with van der Waals surface area (Å²) in [5.41, 5.74) is 8.76. The summed E-state index contributed by atoms with van der Waals surface area (Å²) in [6.07, 6.45) is 9.19. The Labute approximate surface area is 451 Å². The minimum Gasteiger partial charge on any atom is -0.545 e. The number of nitrogens with zero attached hydrogens (tertiary/aromatic N) is 6. The Morgan fingerprint density at radius 1 is 0.823 bits per heavy atom. The first-order valence-electron chi connectivity index (χ1n) is 26.4. The molecular formula is C51H59N8O17P3. The van der Waals surface area contributed by atoms with Gasteiger partial charge in [0, 0.05) is 89.7 Å². The highest BCUT2D eigenvalue weighted by Crippen LogP contribution is 2.66. The zero-order chi connectivity index (χ0) is 55.4. The smallest absolute Gasteiger partial charge is 0.490 e. The molecule has 25 nitrogen and oxygen atoms in total. The first-order chi connectivity index (χ1) is 37.8. The van der Waals surface area contributed by atoms with Crippen molar-refractivity contribution in [2.24, 2.45) is 0 Å². The number of ketones is 1. The highest BCUT2D eigenvalue weighted by Gasteiger charge is 2.44. The van der Waals surface area contributed by atoms with Gasteiger partial charge in [0.1, 0.15) is 43.2 Å². The van der Waals surface area contributed by atoms with E-state index in [1.807, 2.05) is 0 Å². The third-order valence-corrected chi connectivity index (χ3v) is 19.1. The van der Waals surface area contributed by atoms with Crippen LogP contribution in [0, 0.1) is 0 Å². The number of amides is 1. The van der Waals surface area contributed by atoms with Crippen molar-refractivity contribution >= 4 is 69.4 Å². The molecule has 0 saturated carbocycles. The van der Waals surface area contributed by atoms with Gasteiger partial charge in [0.15, 0.2) is 22.8 Å². The van der Waals surface area contributed by atoms with Crippen LogP contribution in [0.1, 0.15) is 125 Å². The van der Waals surface area contributed by atoms with E-state index in [4.69, 9.17) is 19.3 Å². The van der Waals surface area contributed by atoms with Gasteiger partial charge in [0.05, 0.1) is 37.0 Å². The number of phosphoric acid groups is 3. The largest absolute Gasteiger partial charge is 0.545 e. The number of hydrogen-bond acceptors (Lipinski definition) is 18. The number of aromatic carboxylic acids is 1. The number of anilines is 2. The maximum absolute atomic E-state index is 14.0. The number of nitrogens with one attached hydrogen (secondary N) is 2. The summed E-state index contributed by atoms with van der Waals surface area (Å²) in [5.74, 6) is -0.309. The molecule has 2 unspecified atom stereocenters. The van der Waals surface area contributed by atoms with Crippen LogP contribution in [0.2, 0.25) is 0 Å². The zero-order valence-corrected chi connectivity index (χ0v) is 45.5. The standard InChI is InChI=1S/C51H59N8O17P3/c60-38(24-41(62)52-15-3-1-2-4-16-53-49-44-50(55-27-54-49)59(28-56-44)42-25-39(61)40(73-42)26-72-78(68,69)76-79(70,71)75-77(65,66)67)29-13-14-32(51(63)64)35(21-29)43-36-22-30-9-5-17-57-19-7-11-33(45(30)57)47(36)74-48-34-12-8-20-58-18-6-10-31(46(34)58)23-37(43)48/h13-14,21-23,27-28,39-40,42,61H,1-12,15-20,24-26H2,(H6-,52,53,54,55,62,63,64,65,66,67,68,69,70,71)/t39-,40+,42+/m0/s1. The molecule has 3 aromatic carbocycles. The third kappa shape index (κ3) is 11.6. The Hall–Kier alpha value is -5.78. The van der Waals surface area contributed by atoms with Crippen molar-refractivity contribution in [3.8, 4) is 11.5 Å². The Morgan fingerprint density at radius 3 is 2.35 bits per heavy atom. The fourth-order valence-electron chi connectivity index (χ4n) is 12.0. The van der Waals surface area contributed by atoms with Gasteiger partial charge in [-0.15, -0.1) is 0 Å². The van der Waals surface area contributed by atoms with Gasteiger partial charge >= 0.3 is 23.5 Å². The molecule has 1 fully saturated rings. The minimum atomic E-state index is -5.73. The predicted molar refractivity (Wildman–Crippen MR) is 280 cm³/mol. The minimum absolute atomic E-state index is 0.0387. The van der Waals surface area contributed by atoms with E-state index < -0.39 is 72.6 Å². The topological polar surface area (TPSA) is 347 Å². The Bertz CT molecular complexity index is 3580. The lowest BCUT2D eigenvalue weighted by Crippen LogP contribution is -2.45. The lowest BCUT2D eigenvalue weighted by molar-refractivity contribution is -0.255. The van der Waals surface area contributed by atoms with E-state index in [0.717, 1.165) is 130 Å². The van der Waals surface area contributed by atoms with Crippen LogP contribution in [0.15, 0.2) is 43.0 Å². The van der Waals surface area contributed by atoms with Gasteiger partial charge in [0.2, 0.25) is 11.3 Å². The van der Waals surface area contributed by atoms with Crippen LogP contribution in [-0.4, -0.2) is 120 Å². The van der Waals surface area contributed by atoms with E-state index in [2.05, 4.69) is 60.3 Å².